The maximum Gasteiger partial charge on any atom is 0.111 e. The first kappa shape index (κ1) is 12.2. The second-order valence-corrected chi connectivity index (χ2v) is 5.58. The normalized spacial score (nSPS) is 32.0. The van der Waals surface area contributed by atoms with Gasteiger partial charge in [-0.15, -0.1) is 0 Å². The van der Waals surface area contributed by atoms with Gasteiger partial charge in [-0.05, 0) is 25.7 Å². The van der Waals surface area contributed by atoms with Crippen LogP contribution in [0.2, 0.25) is 0 Å². The van der Waals surface area contributed by atoms with Crippen molar-refractivity contribution in [1.82, 2.24) is 9.55 Å². The standard InChI is InChI=1S/C14H22N2O2/c1-2-6-16-7-5-15-14(16)9-12(17)11-8-10-3-4-13(11)18-10/h5,7,10-13,17H,2-4,6,8-9H2,1H3. The average Bonchev–Trinajstić information content (AvgIpc) is 3.06. The van der Waals surface area contributed by atoms with Crippen molar-refractivity contribution in [3.8, 4) is 0 Å². The van der Waals surface area contributed by atoms with Gasteiger partial charge in [0.25, 0.3) is 0 Å². The molecule has 2 bridgehead atoms. The fourth-order valence-electron chi connectivity index (χ4n) is 3.39. The molecule has 0 aromatic carbocycles. The van der Waals surface area contributed by atoms with Crippen molar-refractivity contribution in [2.45, 2.75) is 63.9 Å². The lowest BCUT2D eigenvalue weighted by Crippen LogP contribution is -2.31. The van der Waals surface area contributed by atoms with E-state index in [9.17, 15) is 5.11 Å². The minimum absolute atomic E-state index is 0.291. The zero-order valence-electron chi connectivity index (χ0n) is 11.0. The molecule has 0 saturated carbocycles. The van der Waals surface area contributed by atoms with Gasteiger partial charge in [0.15, 0.2) is 0 Å². The van der Waals surface area contributed by atoms with E-state index < -0.39 is 0 Å². The molecule has 1 aromatic heterocycles. The Bertz CT molecular complexity index is 404. The van der Waals surface area contributed by atoms with Crippen molar-refractivity contribution in [3.63, 3.8) is 0 Å². The van der Waals surface area contributed by atoms with E-state index in [1.807, 2.05) is 12.4 Å². The first-order valence-electron chi connectivity index (χ1n) is 7.11. The van der Waals surface area contributed by atoms with Gasteiger partial charge in [-0.1, -0.05) is 6.92 Å². The largest absolute Gasteiger partial charge is 0.392 e. The minimum Gasteiger partial charge on any atom is -0.392 e. The van der Waals surface area contributed by atoms with Crippen LogP contribution in [0.25, 0.3) is 0 Å². The number of hydrogen-bond donors (Lipinski definition) is 1. The van der Waals surface area contributed by atoms with Crippen LogP contribution in [0, 0.1) is 5.92 Å². The van der Waals surface area contributed by atoms with E-state index in [2.05, 4.69) is 16.5 Å². The Hall–Kier alpha value is -0.870. The van der Waals surface area contributed by atoms with Crippen LogP contribution in [0.4, 0.5) is 0 Å². The molecule has 3 rings (SSSR count). The summed E-state index contributed by atoms with van der Waals surface area (Å²) in [5.74, 6) is 1.32. The molecule has 1 aromatic rings. The van der Waals surface area contributed by atoms with Gasteiger partial charge in [0.05, 0.1) is 18.3 Å². The van der Waals surface area contributed by atoms with Gasteiger partial charge in [-0.25, -0.2) is 4.98 Å². The maximum absolute atomic E-state index is 10.4. The van der Waals surface area contributed by atoms with E-state index >= 15 is 0 Å². The van der Waals surface area contributed by atoms with Crippen molar-refractivity contribution in [2.24, 2.45) is 5.92 Å². The number of aliphatic hydroxyl groups excluding tert-OH is 1. The molecule has 18 heavy (non-hydrogen) atoms. The summed E-state index contributed by atoms with van der Waals surface area (Å²) in [7, 11) is 0. The Morgan fingerprint density at radius 1 is 1.56 bits per heavy atom. The fourth-order valence-corrected chi connectivity index (χ4v) is 3.39. The van der Waals surface area contributed by atoms with E-state index in [1.165, 1.54) is 6.42 Å². The Morgan fingerprint density at radius 2 is 2.44 bits per heavy atom. The van der Waals surface area contributed by atoms with Crippen LogP contribution in [-0.4, -0.2) is 33.0 Å². The smallest absolute Gasteiger partial charge is 0.111 e. The van der Waals surface area contributed by atoms with Gasteiger partial charge in [0.2, 0.25) is 0 Å². The summed E-state index contributed by atoms with van der Waals surface area (Å²) >= 11 is 0. The Balaban J connectivity index is 1.63. The minimum atomic E-state index is -0.307. The summed E-state index contributed by atoms with van der Waals surface area (Å²) in [6, 6.07) is 0. The summed E-state index contributed by atoms with van der Waals surface area (Å²) in [6.45, 7) is 3.14. The van der Waals surface area contributed by atoms with Gasteiger partial charge in [-0.3, -0.25) is 0 Å². The number of ether oxygens (including phenoxy) is 1. The predicted octanol–water partition coefficient (Wildman–Crippen LogP) is 1.76. The van der Waals surface area contributed by atoms with Crippen molar-refractivity contribution in [3.05, 3.63) is 18.2 Å². The number of aliphatic hydroxyl groups is 1. The van der Waals surface area contributed by atoms with Crippen molar-refractivity contribution >= 4 is 0 Å². The van der Waals surface area contributed by atoms with Crippen LogP contribution < -0.4 is 0 Å². The monoisotopic (exact) mass is 250 g/mol. The summed E-state index contributed by atoms with van der Waals surface area (Å²) in [5, 5.41) is 10.4. The molecular formula is C14H22N2O2. The van der Waals surface area contributed by atoms with Crippen molar-refractivity contribution in [1.29, 1.82) is 0 Å². The highest BCUT2D eigenvalue weighted by Gasteiger charge is 2.44. The molecule has 2 aliphatic rings. The SMILES string of the molecule is CCCn1ccnc1CC(O)C1CC2CCC1O2. The summed E-state index contributed by atoms with van der Waals surface area (Å²) < 4.78 is 7.97. The summed E-state index contributed by atoms with van der Waals surface area (Å²) in [6.07, 6.45) is 9.30. The number of aryl methyl sites for hydroxylation is 1. The highest BCUT2D eigenvalue weighted by molar-refractivity contribution is 4.99. The van der Waals surface area contributed by atoms with E-state index in [0.29, 0.717) is 24.5 Å². The Labute approximate surface area is 108 Å². The van der Waals surface area contributed by atoms with Crippen LogP contribution in [0.5, 0.6) is 0 Å². The lowest BCUT2D eigenvalue weighted by atomic mass is 9.84. The van der Waals surface area contributed by atoms with E-state index in [4.69, 9.17) is 4.74 Å². The predicted molar refractivity (Wildman–Crippen MR) is 68.2 cm³/mol. The Morgan fingerprint density at radius 3 is 3.11 bits per heavy atom. The lowest BCUT2D eigenvalue weighted by Gasteiger charge is -2.24. The summed E-state index contributed by atoms with van der Waals surface area (Å²) in [4.78, 5) is 4.37. The number of imidazole rings is 1. The van der Waals surface area contributed by atoms with Crippen molar-refractivity contribution < 1.29 is 9.84 Å². The summed E-state index contributed by atoms with van der Waals surface area (Å²) in [5.41, 5.74) is 0. The lowest BCUT2D eigenvalue weighted by molar-refractivity contribution is 0.0419. The van der Waals surface area contributed by atoms with Crippen LogP contribution in [0.3, 0.4) is 0 Å². The number of nitrogens with zero attached hydrogens (tertiary/aromatic N) is 2. The quantitative estimate of drug-likeness (QED) is 0.866. The molecule has 2 saturated heterocycles. The first-order chi connectivity index (χ1) is 8.78. The highest BCUT2D eigenvalue weighted by atomic mass is 16.5. The Kier molecular flexibility index (Phi) is 3.39. The number of fused-ring (bicyclic) bond motifs is 2. The first-order valence-corrected chi connectivity index (χ1v) is 7.11. The molecule has 0 aliphatic carbocycles. The molecule has 2 fully saturated rings. The zero-order valence-corrected chi connectivity index (χ0v) is 11.0. The van der Waals surface area contributed by atoms with E-state index in [-0.39, 0.29) is 6.10 Å². The number of rotatable bonds is 5. The molecule has 3 heterocycles. The third-order valence-electron chi connectivity index (χ3n) is 4.31. The third kappa shape index (κ3) is 2.19. The topological polar surface area (TPSA) is 47.3 Å². The van der Waals surface area contributed by atoms with Gasteiger partial charge in [0.1, 0.15) is 5.82 Å². The molecule has 2 aliphatic heterocycles. The molecule has 100 valence electrons. The van der Waals surface area contributed by atoms with Crippen LogP contribution >= 0.6 is 0 Å². The molecule has 4 heteroatoms. The van der Waals surface area contributed by atoms with Gasteiger partial charge < -0.3 is 14.4 Å². The zero-order chi connectivity index (χ0) is 12.5. The van der Waals surface area contributed by atoms with Crippen LogP contribution in [0.15, 0.2) is 12.4 Å². The number of aromatic nitrogens is 2. The molecule has 0 radical (unpaired) electrons. The molecule has 1 N–H and O–H groups in total. The fraction of sp³-hybridized carbons (Fsp3) is 0.786. The van der Waals surface area contributed by atoms with Gasteiger partial charge >= 0.3 is 0 Å². The van der Waals surface area contributed by atoms with Crippen LogP contribution in [-0.2, 0) is 17.7 Å². The average molecular weight is 250 g/mol. The molecule has 4 nitrogen and oxygen atoms in total. The van der Waals surface area contributed by atoms with Gasteiger partial charge in [-0.2, -0.15) is 0 Å². The van der Waals surface area contributed by atoms with Gasteiger partial charge in [0, 0.05) is 31.3 Å². The number of hydrogen-bond acceptors (Lipinski definition) is 3. The second-order valence-electron chi connectivity index (χ2n) is 5.58. The van der Waals surface area contributed by atoms with Crippen LogP contribution in [0.1, 0.15) is 38.4 Å². The molecule has 4 unspecified atom stereocenters. The highest BCUT2D eigenvalue weighted by Crippen LogP contribution is 2.40. The van der Waals surface area contributed by atoms with E-state index in [0.717, 1.165) is 31.6 Å². The molecule has 4 atom stereocenters. The second kappa shape index (κ2) is 5.02. The molecule has 0 amide bonds. The third-order valence-corrected chi connectivity index (χ3v) is 4.31. The molecule has 0 spiro atoms. The molecular weight excluding hydrogens is 228 g/mol. The van der Waals surface area contributed by atoms with Crippen molar-refractivity contribution in [2.75, 3.05) is 0 Å². The van der Waals surface area contributed by atoms with E-state index in [1.54, 1.807) is 0 Å². The maximum atomic E-state index is 10.4.